The van der Waals surface area contributed by atoms with Crippen molar-refractivity contribution in [1.82, 2.24) is 0 Å². The highest BCUT2D eigenvalue weighted by molar-refractivity contribution is 5.83. The van der Waals surface area contributed by atoms with Crippen LogP contribution in [-0.2, 0) is 20.9 Å². The van der Waals surface area contributed by atoms with Crippen molar-refractivity contribution >= 4 is 5.78 Å². The van der Waals surface area contributed by atoms with Crippen molar-refractivity contribution in [1.29, 1.82) is 0 Å². The van der Waals surface area contributed by atoms with E-state index < -0.39 is 6.10 Å². The molecule has 4 nitrogen and oxygen atoms in total. The molecule has 0 aliphatic heterocycles. The fourth-order valence-corrected chi connectivity index (χ4v) is 3.43. The number of rotatable bonds is 13. The van der Waals surface area contributed by atoms with Crippen molar-refractivity contribution in [2.75, 3.05) is 13.7 Å². The summed E-state index contributed by atoms with van der Waals surface area (Å²) in [6.07, 6.45) is 1.68. The molecule has 1 aromatic rings. The molecule has 1 rings (SSSR count). The molecule has 0 aliphatic carbocycles. The van der Waals surface area contributed by atoms with Crippen molar-refractivity contribution in [2.45, 2.75) is 65.8 Å². The summed E-state index contributed by atoms with van der Waals surface area (Å²) in [6, 6.07) is 10.0. The summed E-state index contributed by atoms with van der Waals surface area (Å²) in [6.45, 7) is 8.92. The van der Waals surface area contributed by atoms with Crippen LogP contribution in [0, 0.1) is 17.8 Å². The number of aliphatic hydroxyl groups is 1. The first-order valence-corrected chi connectivity index (χ1v) is 9.78. The Labute approximate surface area is 158 Å². The van der Waals surface area contributed by atoms with Crippen LogP contribution in [0.5, 0.6) is 0 Å². The van der Waals surface area contributed by atoms with Crippen LogP contribution in [-0.4, -0.2) is 36.8 Å². The zero-order valence-electron chi connectivity index (χ0n) is 17.0. The predicted octanol–water partition coefficient (Wildman–Crippen LogP) is 4.25. The number of Topliss-reactive ketones (excluding diaryl/α,β-unsaturated/α-hetero) is 1. The highest BCUT2D eigenvalue weighted by atomic mass is 16.5. The molecule has 5 atom stereocenters. The Morgan fingerprint density at radius 3 is 2.35 bits per heavy atom. The van der Waals surface area contributed by atoms with Crippen molar-refractivity contribution in [3.8, 4) is 0 Å². The average Bonchev–Trinajstić information content (AvgIpc) is 2.66. The molecule has 0 unspecified atom stereocenters. The van der Waals surface area contributed by atoms with Crippen molar-refractivity contribution < 1.29 is 19.4 Å². The monoisotopic (exact) mass is 364 g/mol. The van der Waals surface area contributed by atoms with Crippen LogP contribution in [0.2, 0.25) is 0 Å². The van der Waals surface area contributed by atoms with Gasteiger partial charge in [-0.3, -0.25) is 4.79 Å². The molecule has 4 heteroatoms. The van der Waals surface area contributed by atoms with Gasteiger partial charge in [0, 0.05) is 31.5 Å². The molecule has 26 heavy (non-hydrogen) atoms. The normalized spacial score (nSPS) is 17.3. The topological polar surface area (TPSA) is 55.8 Å². The highest BCUT2D eigenvalue weighted by Gasteiger charge is 2.33. The SMILES string of the molecule is CCC[C@@H](C)C(=O)[C@H](C)[C@@H](O)[C@@H](C)[C@H](CCOCc1ccccc1)OC. The summed E-state index contributed by atoms with van der Waals surface area (Å²) in [5.74, 6) is -0.379. The smallest absolute Gasteiger partial charge is 0.141 e. The second-order valence-corrected chi connectivity index (χ2v) is 7.33. The fraction of sp³-hybridized carbons (Fsp3) is 0.682. The van der Waals surface area contributed by atoms with Gasteiger partial charge in [-0.05, 0) is 18.4 Å². The van der Waals surface area contributed by atoms with E-state index in [9.17, 15) is 9.90 Å². The maximum atomic E-state index is 12.5. The summed E-state index contributed by atoms with van der Waals surface area (Å²) in [7, 11) is 1.65. The summed E-state index contributed by atoms with van der Waals surface area (Å²) >= 11 is 0. The van der Waals surface area contributed by atoms with Crippen molar-refractivity contribution in [2.24, 2.45) is 17.8 Å². The molecule has 1 N–H and O–H groups in total. The molecule has 0 amide bonds. The summed E-state index contributed by atoms with van der Waals surface area (Å²) in [5, 5.41) is 10.7. The Morgan fingerprint density at radius 1 is 1.12 bits per heavy atom. The number of ether oxygens (including phenoxy) is 2. The van der Waals surface area contributed by atoms with Gasteiger partial charge in [-0.25, -0.2) is 0 Å². The van der Waals surface area contributed by atoms with E-state index in [2.05, 4.69) is 6.92 Å². The number of hydrogen-bond donors (Lipinski definition) is 1. The first kappa shape index (κ1) is 22.8. The third kappa shape index (κ3) is 7.18. The van der Waals surface area contributed by atoms with Gasteiger partial charge in [0.2, 0.25) is 0 Å². The number of carbonyl (C=O) groups excluding carboxylic acids is 1. The molecule has 148 valence electrons. The summed E-state index contributed by atoms with van der Waals surface area (Å²) in [5.41, 5.74) is 1.14. The molecule has 0 bridgehead atoms. The number of hydrogen-bond acceptors (Lipinski definition) is 4. The van der Waals surface area contributed by atoms with E-state index in [1.54, 1.807) is 7.11 Å². The molecular weight excluding hydrogens is 328 g/mol. The minimum atomic E-state index is -0.708. The molecule has 0 saturated carbocycles. The second-order valence-electron chi connectivity index (χ2n) is 7.33. The largest absolute Gasteiger partial charge is 0.392 e. The maximum absolute atomic E-state index is 12.5. The average molecular weight is 365 g/mol. The van der Waals surface area contributed by atoms with Crippen molar-refractivity contribution in [3.63, 3.8) is 0 Å². The Kier molecular flexibility index (Phi) is 10.7. The lowest BCUT2D eigenvalue weighted by molar-refractivity contribution is -0.132. The van der Waals surface area contributed by atoms with Crippen LogP contribution in [0.3, 0.4) is 0 Å². The molecular formula is C22H36O4. The predicted molar refractivity (Wildman–Crippen MR) is 105 cm³/mol. The van der Waals surface area contributed by atoms with E-state index in [-0.39, 0.29) is 29.6 Å². The van der Waals surface area contributed by atoms with Crippen LogP contribution < -0.4 is 0 Å². The van der Waals surface area contributed by atoms with Crippen LogP contribution in [0.15, 0.2) is 30.3 Å². The Morgan fingerprint density at radius 2 is 1.77 bits per heavy atom. The lowest BCUT2D eigenvalue weighted by Gasteiger charge is -2.31. The zero-order valence-corrected chi connectivity index (χ0v) is 17.0. The van der Waals surface area contributed by atoms with E-state index in [1.165, 1.54) is 0 Å². The zero-order chi connectivity index (χ0) is 19.5. The Bertz CT molecular complexity index is 502. The van der Waals surface area contributed by atoms with E-state index in [0.29, 0.717) is 19.6 Å². The molecule has 0 aromatic heterocycles. The quantitative estimate of drug-likeness (QED) is 0.532. The molecule has 0 aliphatic rings. The minimum absolute atomic E-state index is 0.00736. The number of ketones is 1. The molecule has 0 heterocycles. The summed E-state index contributed by atoms with van der Waals surface area (Å²) < 4.78 is 11.3. The number of carbonyl (C=O) groups is 1. The lowest BCUT2D eigenvalue weighted by atomic mass is 9.82. The van der Waals surface area contributed by atoms with Crippen molar-refractivity contribution in [3.05, 3.63) is 35.9 Å². The van der Waals surface area contributed by atoms with Gasteiger partial charge in [0.15, 0.2) is 0 Å². The van der Waals surface area contributed by atoms with E-state index in [4.69, 9.17) is 9.47 Å². The van der Waals surface area contributed by atoms with Gasteiger partial charge >= 0.3 is 0 Å². The van der Waals surface area contributed by atoms with Crippen LogP contribution in [0.1, 0.15) is 52.5 Å². The van der Waals surface area contributed by atoms with Gasteiger partial charge in [0.25, 0.3) is 0 Å². The Balaban J connectivity index is 2.47. The Hall–Kier alpha value is -1.23. The minimum Gasteiger partial charge on any atom is -0.392 e. The third-order valence-corrected chi connectivity index (χ3v) is 5.25. The summed E-state index contributed by atoms with van der Waals surface area (Å²) in [4.78, 5) is 12.5. The molecule has 0 fully saturated rings. The van der Waals surface area contributed by atoms with Gasteiger partial charge in [-0.15, -0.1) is 0 Å². The van der Waals surface area contributed by atoms with Gasteiger partial charge in [0.05, 0.1) is 18.8 Å². The van der Waals surface area contributed by atoms with Crippen LogP contribution in [0.4, 0.5) is 0 Å². The van der Waals surface area contributed by atoms with Gasteiger partial charge in [-0.2, -0.15) is 0 Å². The van der Waals surface area contributed by atoms with E-state index in [1.807, 2.05) is 51.1 Å². The standard InChI is InChI=1S/C22H36O4/c1-6-10-16(2)21(23)18(4)22(24)17(3)20(25-5)13-14-26-15-19-11-8-7-9-12-19/h7-9,11-12,16-18,20,22,24H,6,10,13-15H2,1-5H3/t16-,17+,18+,20+,22+/m1/s1. The van der Waals surface area contributed by atoms with E-state index in [0.717, 1.165) is 18.4 Å². The second kappa shape index (κ2) is 12.2. The maximum Gasteiger partial charge on any atom is 0.141 e. The van der Waals surface area contributed by atoms with E-state index >= 15 is 0 Å². The fourth-order valence-electron chi connectivity index (χ4n) is 3.43. The highest BCUT2D eigenvalue weighted by Crippen LogP contribution is 2.24. The van der Waals surface area contributed by atoms with Crippen LogP contribution in [0.25, 0.3) is 0 Å². The lowest BCUT2D eigenvalue weighted by Crippen LogP contribution is -2.40. The number of methoxy groups -OCH3 is 1. The number of aliphatic hydroxyl groups excluding tert-OH is 1. The first-order chi connectivity index (χ1) is 12.4. The molecule has 0 spiro atoms. The third-order valence-electron chi connectivity index (χ3n) is 5.25. The van der Waals surface area contributed by atoms with Gasteiger partial charge < -0.3 is 14.6 Å². The molecule has 0 radical (unpaired) electrons. The van der Waals surface area contributed by atoms with Crippen LogP contribution >= 0.6 is 0 Å². The molecule has 0 saturated heterocycles. The van der Waals surface area contributed by atoms with Gasteiger partial charge in [0.1, 0.15) is 5.78 Å². The molecule has 1 aromatic carbocycles. The number of benzene rings is 1. The first-order valence-electron chi connectivity index (χ1n) is 9.78. The van der Waals surface area contributed by atoms with Gasteiger partial charge in [-0.1, -0.05) is 64.4 Å².